The molecular weight excluding hydrogens is 282 g/mol. The van der Waals surface area contributed by atoms with Crippen molar-refractivity contribution in [3.8, 4) is 11.1 Å². The van der Waals surface area contributed by atoms with Gasteiger partial charge in [-0.2, -0.15) is 13.2 Å². The summed E-state index contributed by atoms with van der Waals surface area (Å²) in [4.78, 5) is 4.20. The van der Waals surface area contributed by atoms with Crippen LogP contribution < -0.4 is 0 Å². The first kappa shape index (κ1) is 15.2. The lowest BCUT2D eigenvalue weighted by Crippen LogP contribution is -2.08. The van der Waals surface area contributed by atoms with E-state index in [0.29, 0.717) is 5.56 Å². The lowest BCUT2D eigenvalue weighted by molar-refractivity contribution is -0.139. The quantitative estimate of drug-likeness (QED) is 0.690. The van der Waals surface area contributed by atoms with E-state index in [1.54, 1.807) is 6.07 Å². The normalized spacial score (nSPS) is 12.1. The molecule has 1 aromatic heterocycles. The third-order valence-corrected chi connectivity index (χ3v) is 3.05. The van der Waals surface area contributed by atoms with E-state index >= 15 is 0 Å². The lowest BCUT2D eigenvalue weighted by atomic mass is 10.0. The number of aromatic nitrogens is 1. The number of hydrogen-bond donors (Lipinski definition) is 0. The fraction of sp³-hybridized carbons (Fsp3) is 0.188. The molecule has 1 nitrogen and oxygen atoms in total. The van der Waals surface area contributed by atoms with Crippen molar-refractivity contribution in [3.63, 3.8) is 0 Å². The van der Waals surface area contributed by atoms with Gasteiger partial charge in [0, 0.05) is 11.8 Å². The van der Waals surface area contributed by atoms with E-state index in [-0.39, 0.29) is 5.56 Å². The van der Waals surface area contributed by atoms with Crippen LogP contribution in [0.15, 0.2) is 36.5 Å². The molecule has 0 aliphatic heterocycles. The van der Waals surface area contributed by atoms with Crippen molar-refractivity contribution in [2.45, 2.75) is 20.0 Å². The van der Waals surface area contributed by atoms with Crippen LogP contribution in [0.2, 0.25) is 0 Å². The molecule has 0 saturated carbocycles. The highest BCUT2D eigenvalue weighted by atomic mass is 19.4. The largest absolute Gasteiger partial charge is 0.419 e. The molecule has 0 aliphatic rings. The van der Waals surface area contributed by atoms with Gasteiger partial charge in [0.05, 0.1) is 11.3 Å². The molecule has 0 amide bonds. The van der Waals surface area contributed by atoms with E-state index in [1.165, 1.54) is 12.3 Å². The molecule has 5 heteroatoms. The molecular formula is C16H13F4N. The number of hydrogen-bond acceptors (Lipinski definition) is 1. The summed E-state index contributed by atoms with van der Waals surface area (Å²) in [7, 11) is 0. The molecule has 0 saturated heterocycles. The summed E-state index contributed by atoms with van der Waals surface area (Å²) in [5.41, 5.74) is 1.12. The number of halogens is 4. The predicted molar refractivity (Wildman–Crippen MR) is 74.1 cm³/mol. The van der Waals surface area contributed by atoms with Crippen LogP contribution in [0.25, 0.3) is 17.2 Å². The van der Waals surface area contributed by atoms with E-state index in [9.17, 15) is 17.6 Å². The van der Waals surface area contributed by atoms with Gasteiger partial charge in [0.15, 0.2) is 0 Å². The fourth-order valence-electron chi connectivity index (χ4n) is 2.00. The van der Waals surface area contributed by atoms with E-state index in [2.05, 4.69) is 4.98 Å². The Hall–Kier alpha value is -2.17. The highest BCUT2D eigenvalue weighted by molar-refractivity contribution is 5.66. The van der Waals surface area contributed by atoms with E-state index in [0.717, 1.165) is 23.4 Å². The molecule has 0 spiro atoms. The highest BCUT2D eigenvalue weighted by Crippen LogP contribution is 2.34. The molecule has 1 heterocycles. The monoisotopic (exact) mass is 295 g/mol. The molecule has 0 aliphatic carbocycles. The third kappa shape index (κ3) is 3.29. The van der Waals surface area contributed by atoms with Gasteiger partial charge in [-0.15, -0.1) is 0 Å². The first-order valence-corrected chi connectivity index (χ1v) is 6.29. The third-order valence-electron chi connectivity index (χ3n) is 3.05. The zero-order chi connectivity index (χ0) is 15.6. The maximum absolute atomic E-state index is 13.3. The summed E-state index contributed by atoms with van der Waals surface area (Å²) >= 11 is 0. The van der Waals surface area contributed by atoms with Gasteiger partial charge in [-0.25, -0.2) is 4.39 Å². The zero-order valence-corrected chi connectivity index (χ0v) is 11.5. The minimum atomic E-state index is -4.71. The van der Waals surface area contributed by atoms with Gasteiger partial charge in [-0.05, 0) is 49.2 Å². The maximum atomic E-state index is 13.3. The van der Waals surface area contributed by atoms with Crippen LogP contribution in [0.4, 0.5) is 17.6 Å². The maximum Gasteiger partial charge on any atom is 0.419 e. The number of alkyl halides is 3. The van der Waals surface area contributed by atoms with Gasteiger partial charge >= 0.3 is 6.18 Å². The molecule has 0 bridgehead atoms. The Labute approximate surface area is 120 Å². The first-order chi connectivity index (χ1) is 9.82. The summed E-state index contributed by atoms with van der Waals surface area (Å²) in [6.45, 7) is 3.67. The summed E-state index contributed by atoms with van der Waals surface area (Å²) in [6.07, 6.45) is 0.406. The SMILES string of the molecule is C/C=C\c1ncc(-c2ccc(F)c(C(F)(F)F)c2)cc1C. The van der Waals surface area contributed by atoms with Crippen molar-refractivity contribution in [1.29, 1.82) is 0 Å². The van der Waals surface area contributed by atoms with E-state index in [4.69, 9.17) is 0 Å². The molecule has 2 aromatic rings. The van der Waals surface area contributed by atoms with Crippen molar-refractivity contribution < 1.29 is 17.6 Å². The molecule has 0 radical (unpaired) electrons. The van der Waals surface area contributed by atoms with Gasteiger partial charge < -0.3 is 0 Å². The van der Waals surface area contributed by atoms with Crippen LogP contribution in [0.3, 0.4) is 0 Å². The topological polar surface area (TPSA) is 12.9 Å². The molecule has 2 rings (SSSR count). The van der Waals surface area contributed by atoms with Crippen LogP contribution in [0, 0.1) is 12.7 Å². The molecule has 1 aromatic carbocycles. The Morgan fingerprint density at radius 2 is 1.81 bits per heavy atom. The average Bonchev–Trinajstić information content (AvgIpc) is 2.40. The molecule has 0 atom stereocenters. The highest BCUT2D eigenvalue weighted by Gasteiger charge is 2.34. The smallest absolute Gasteiger partial charge is 0.256 e. The minimum absolute atomic E-state index is 0.284. The summed E-state index contributed by atoms with van der Waals surface area (Å²) in [5, 5.41) is 0. The van der Waals surface area contributed by atoms with Crippen molar-refractivity contribution in [3.05, 3.63) is 59.2 Å². The summed E-state index contributed by atoms with van der Waals surface area (Å²) in [6, 6.07) is 4.68. The van der Waals surface area contributed by atoms with E-state index in [1.807, 2.05) is 26.0 Å². The standard InChI is InChI=1S/C16H13F4N/c1-3-4-15-10(2)7-12(9-21-15)11-5-6-14(17)13(8-11)16(18,19)20/h3-9H,1-2H3/b4-3-. The lowest BCUT2D eigenvalue weighted by Gasteiger charge is -2.11. The number of aryl methyl sites for hydroxylation is 1. The Kier molecular flexibility index (Phi) is 4.11. The fourth-order valence-corrected chi connectivity index (χ4v) is 2.00. The number of rotatable bonds is 2. The van der Waals surface area contributed by atoms with Crippen molar-refractivity contribution >= 4 is 6.08 Å². The van der Waals surface area contributed by atoms with Crippen LogP contribution in [-0.2, 0) is 6.18 Å². The molecule has 110 valence electrons. The summed E-state index contributed by atoms with van der Waals surface area (Å²) < 4.78 is 51.5. The average molecular weight is 295 g/mol. The van der Waals surface area contributed by atoms with Crippen molar-refractivity contribution in [2.24, 2.45) is 0 Å². The molecule has 0 N–H and O–H groups in total. The van der Waals surface area contributed by atoms with Gasteiger partial charge in [0.2, 0.25) is 0 Å². The van der Waals surface area contributed by atoms with Crippen LogP contribution in [-0.4, -0.2) is 4.98 Å². The van der Waals surface area contributed by atoms with Crippen LogP contribution in [0.1, 0.15) is 23.7 Å². The van der Waals surface area contributed by atoms with Crippen LogP contribution >= 0.6 is 0 Å². The second kappa shape index (κ2) is 5.68. The second-order valence-electron chi connectivity index (χ2n) is 4.62. The van der Waals surface area contributed by atoms with Crippen LogP contribution in [0.5, 0.6) is 0 Å². The number of benzene rings is 1. The number of allylic oxidation sites excluding steroid dienone is 1. The number of pyridine rings is 1. The minimum Gasteiger partial charge on any atom is -0.256 e. The predicted octanol–water partition coefficient (Wildman–Crippen LogP) is 5.25. The van der Waals surface area contributed by atoms with Crippen molar-refractivity contribution in [1.82, 2.24) is 4.98 Å². The van der Waals surface area contributed by atoms with Gasteiger partial charge in [-0.3, -0.25) is 4.98 Å². The molecule has 0 fully saturated rings. The zero-order valence-electron chi connectivity index (χ0n) is 11.5. The summed E-state index contributed by atoms with van der Waals surface area (Å²) in [5.74, 6) is -1.28. The Bertz CT molecular complexity index is 687. The Morgan fingerprint density at radius 3 is 2.38 bits per heavy atom. The molecule has 21 heavy (non-hydrogen) atoms. The van der Waals surface area contributed by atoms with E-state index < -0.39 is 17.6 Å². The van der Waals surface area contributed by atoms with Gasteiger partial charge in [-0.1, -0.05) is 12.1 Å². The number of nitrogens with zero attached hydrogens (tertiary/aromatic N) is 1. The molecule has 0 unspecified atom stereocenters. The van der Waals surface area contributed by atoms with Crippen molar-refractivity contribution in [2.75, 3.05) is 0 Å². The van der Waals surface area contributed by atoms with Gasteiger partial charge in [0.1, 0.15) is 5.82 Å². The Balaban J connectivity index is 2.50. The van der Waals surface area contributed by atoms with Gasteiger partial charge in [0.25, 0.3) is 0 Å². The Morgan fingerprint density at radius 1 is 1.10 bits per heavy atom. The second-order valence-corrected chi connectivity index (χ2v) is 4.62. The first-order valence-electron chi connectivity index (χ1n) is 6.29.